The van der Waals surface area contributed by atoms with Crippen molar-refractivity contribution < 1.29 is 4.42 Å². The fraction of sp³-hybridized carbons (Fsp3) is 0.250. The first kappa shape index (κ1) is 12.5. The molecular formula is C16H17NOS. The minimum Gasteiger partial charge on any atom is -0.460 e. The molecule has 3 heteroatoms. The van der Waals surface area contributed by atoms with Gasteiger partial charge in [-0.25, -0.2) is 0 Å². The quantitative estimate of drug-likeness (QED) is 0.746. The van der Waals surface area contributed by atoms with E-state index in [9.17, 15) is 0 Å². The van der Waals surface area contributed by atoms with Crippen LogP contribution in [0.3, 0.4) is 0 Å². The van der Waals surface area contributed by atoms with Gasteiger partial charge in [0.05, 0.1) is 6.54 Å². The zero-order valence-corrected chi connectivity index (χ0v) is 12.0. The van der Waals surface area contributed by atoms with Crippen LogP contribution in [0.2, 0.25) is 0 Å². The Morgan fingerprint density at radius 3 is 2.89 bits per heavy atom. The summed E-state index contributed by atoms with van der Waals surface area (Å²) in [6.45, 7) is 5.05. The third-order valence-corrected chi connectivity index (χ3v) is 4.05. The van der Waals surface area contributed by atoms with Crippen LogP contribution in [-0.4, -0.2) is 6.04 Å². The molecule has 0 spiro atoms. The summed E-state index contributed by atoms with van der Waals surface area (Å²) < 4.78 is 7.23. The molecule has 0 saturated carbocycles. The summed E-state index contributed by atoms with van der Waals surface area (Å²) in [7, 11) is 0. The van der Waals surface area contributed by atoms with Gasteiger partial charge in [-0.3, -0.25) is 0 Å². The Morgan fingerprint density at radius 1 is 1.16 bits per heavy atom. The summed E-state index contributed by atoms with van der Waals surface area (Å²) in [4.78, 5) is 0. The number of nitrogens with one attached hydrogen (secondary N) is 1. The third-order valence-electron chi connectivity index (χ3n) is 3.09. The Kier molecular flexibility index (Phi) is 3.40. The van der Waals surface area contributed by atoms with Gasteiger partial charge in [0.2, 0.25) is 0 Å². The predicted molar refractivity (Wildman–Crippen MR) is 81.5 cm³/mol. The lowest BCUT2D eigenvalue weighted by Gasteiger charge is -2.05. The average Bonchev–Trinajstić information content (AvgIpc) is 3.04. The van der Waals surface area contributed by atoms with E-state index in [2.05, 4.69) is 60.9 Å². The van der Waals surface area contributed by atoms with Crippen LogP contribution in [0.25, 0.3) is 21.4 Å². The molecule has 1 N–H and O–H groups in total. The van der Waals surface area contributed by atoms with Gasteiger partial charge in [0, 0.05) is 16.3 Å². The second-order valence-electron chi connectivity index (χ2n) is 4.95. The van der Waals surface area contributed by atoms with Crippen molar-refractivity contribution in [2.24, 2.45) is 0 Å². The van der Waals surface area contributed by atoms with Gasteiger partial charge < -0.3 is 9.73 Å². The average molecular weight is 271 g/mol. The van der Waals surface area contributed by atoms with E-state index in [4.69, 9.17) is 4.42 Å². The fourth-order valence-electron chi connectivity index (χ4n) is 2.11. The van der Waals surface area contributed by atoms with E-state index >= 15 is 0 Å². The summed E-state index contributed by atoms with van der Waals surface area (Å²) in [6.07, 6.45) is 0. The Bertz CT molecular complexity index is 681. The zero-order valence-electron chi connectivity index (χ0n) is 11.1. The molecular weight excluding hydrogens is 254 g/mol. The van der Waals surface area contributed by atoms with Crippen LogP contribution in [0, 0.1) is 0 Å². The minimum atomic E-state index is 0.467. The van der Waals surface area contributed by atoms with E-state index in [1.165, 1.54) is 15.6 Å². The summed E-state index contributed by atoms with van der Waals surface area (Å²) in [5, 5.41) is 6.77. The highest BCUT2D eigenvalue weighted by Gasteiger charge is 2.09. The summed E-state index contributed by atoms with van der Waals surface area (Å²) >= 11 is 1.76. The molecule has 0 aliphatic heterocycles. The van der Waals surface area contributed by atoms with Gasteiger partial charge in [0.15, 0.2) is 0 Å². The van der Waals surface area contributed by atoms with Gasteiger partial charge >= 0.3 is 0 Å². The van der Waals surface area contributed by atoms with Crippen molar-refractivity contribution in [2.75, 3.05) is 0 Å². The number of thiophene rings is 1. The molecule has 98 valence electrons. The molecule has 2 heterocycles. The first-order valence-corrected chi connectivity index (χ1v) is 7.40. The van der Waals surface area contributed by atoms with Crippen LogP contribution in [0.1, 0.15) is 19.6 Å². The van der Waals surface area contributed by atoms with Gasteiger partial charge in [-0.05, 0) is 35.0 Å². The molecule has 0 unspecified atom stereocenters. The van der Waals surface area contributed by atoms with Crippen LogP contribution < -0.4 is 5.32 Å². The van der Waals surface area contributed by atoms with Crippen molar-refractivity contribution in [3.63, 3.8) is 0 Å². The molecule has 0 fully saturated rings. The highest BCUT2D eigenvalue weighted by Crippen LogP contribution is 2.33. The van der Waals surface area contributed by atoms with Crippen molar-refractivity contribution in [1.82, 2.24) is 5.32 Å². The smallest absolute Gasteiger partial charge is 0.135 e. The molecule has 3 rings (SSSR count). The molecule has 0 aliphatic rings. The summed E-state index contributed by atoms with van der Waals surface area (Å²) in [5.74, 6) is 1.94. The molecule has 0 aliphatic carbocycles. The largest absolute Gasteiger partial charge is 0.460 e. The van der Waals surface area contributed by atoms with E-state index < -0.39 is 0 Å². The van der Waals surface area contributed by atoms with Gasteiger partial charge in [-0.15, -0.1) is 11.3 Å². The number of fused-ring (bicyclic) bond motifs is 1. The number of hydrogen-bond donors (Lipinski definition) is 1. The maximum Gasteiger partial charge on any atom is 0.135 e. The van der Waals surface area contributed by atoms with Gasteiger partial charge in [0.1, 0.15) is 11.5 Å². The van der Waals surface area contributed by atoms with Crippen LogP contribution in [0.4, 0.5) is 0 Å². The van der Waals surface area contributed by atoms with E-state index in [1.807, 2.05) is 0 Å². The topological polar surface area (TPSA) is 25.2 Å². The number of rotatable bonds is 4. The standard InChI is InChI=1S/C16H17NOS/c1-11(2)17-10-13-6-7-15(18-13)14-5-3-4-12-8-9-19-16(12)14/h3-9,11,17H,10H2,1-2H3. The predicted octanol–water partition coefficient (Wildman–Crippen LogP) is 4.66. The lowest BCUT2D eigenvalue weighted by molar-refractivity contribution is 0.473. The van der Waals surface area contributed by atoms with Gasteiger partial charge in [-0.1, -0.05) is 26.0 Å². The SMILES string of the molecule is CC(C)NCc1ccc(-c2cccc3ccsc23)o1. The van der Waals surface area contributed by atoms with Gasteiger partial charge in [0.25, 0.3) is 0 Å². The second kappa shape index (κ2) is 5.19. The normalized spacial score (nSPS) is 11.5. The first-order chi connectivity index (χ1) is 9.24. The van der Waals surface area contributed by atoms with E-state index in [-0.39, 0.29) is 0 Å². The summed E-state index contributed by atoms with van der Waals surface area (Å²) in [5.41, 5.74) is 1.18. The lowest BCUT2D eigenvalue weighted by atomic mass is 10.1. The highest BCUT2D eigenvalue weighted by molar-refractivity contribution is 7.17. The van der Waals surface area contributed by atoms with Crippen LogP contribution in [0.15, 0.2) is 46.2 Å². The molecule has 2 nitrogen and oxygen atoms in total. The molecule has 0 saturated heterocycles. The molecule has 19 heavy (non-hydrogen) atoms. The monoisotopic (exact) mass is 271 g/mol. The van der Waals surface area contributed by atoms with Crippen molar-refractivity contribution in [3.05, 3.63) is 47.5 Å². The third kappa shape index (κ3) is 2.57. The Morgan fingerprint density at radius 2 is 2.05 bits per heavy atom. The van der Waals surface area contributed by atoms with Crippen LogP contribution >= 0.6 is 11.3 Å². The van der Waals surface area contributed by atoms with Crippen molar-refractivity contribution in [2.45, 2.75) is 26.4 Å². The van der Waals surface area contributed by atoms with Crippen molar-refractivity contribution in [1.29, 1.82) is 0 Å². The molecule has 0 atom stereocenters. The van der Waals surface area contributed by atoms with Crippen molar-refractivity contribution in [3.8, 4) is 11.3 Å². The minimum absolute atomic E-state index is 0.467. The Labute approximate surface area is 117 Å². The molecule has 0 radical (unpaired) electrons. The second-order valence-corrected chi connectivity index (χ2v) is 5.86. The fourth-order valence-corrected chi connectivity index (χ4v) is 3.03. The van der Waals surface area contributed by atoms with Crippen LogP contribution in [-0.2, 0) is 6.54 Å². The Hall–Kier alpha value is -1.58. The maximum atomic E-state index is 5.94. The molecule has 1 aromatic carbocycles. The number of hydrogen-bond acceptors (Lipinski definition) is 3. The van der Waals surface area contributed by atoms with Crippen molar-refractivity contribution >= 4 is 21.4 Å². The van der Waals surface area contributed by atoms with E-state index in [0.717, 1.165) is 18.1 Å². The van der Waals surface area contributed by atoms with E-state index in [0.29, 0.717) is 6.04 Å². The molecule has 2 aromatic heterocycles. The lowest BCUT2D eigenvalue weighted by Crippen LogP contribution is -2.21. The first-order valence-electron chi connectivity index (χ1n) is 6.53. The summed E-state index contributed by atoms with van der Waals surface area (Å²) in [6, 6.07) is 13.1. The maximum absolute atomic E-state index is 5.94. The highest BCUT2D eigenvalue weighted by atomic mass is 32.1. The van der Waals surface area contributed by atoms with E-state index in [1.54, 1.807) is 11.3 Å². The Balaban J connectivity index is 1.92. The zero-order chi connectivity index (χ0) is 13.2. The number of furan rings is 1. The molecule has 3 aromatic rings. The number of benzene rings is 1. The molecule has 0 bridgehead atoms. The van der Waals surface area contributed by atoms with Gasteiger partial charge in [-0.2, -0.15) is 0 Å². The molecule has 0 amide bonds. The van der Waals surface area contributed by atoms with Crippen LogP contribution in [0.5, 0.6) is 0 Å².